The molecule has 0 aliphatic carbocycles. The summed E-state index contributed by atoms with van der Waals surface area (Å²) < 4.78 is 0. The number of amides is 2. The number of aliphatic hydroxyl groups is 1. The lowest BCUT2D eigenvalue weighted by Gasteiger charge is -2.18. The Bertz CT molecular complexity index is 594. The zero-order valence-electron chi connectivity index (χ0n) is 12.8. The number of carbonyl (C=O) groups excluding carboxylic acids is 1. The summed E-state index contributed by atoms with van der Waals surface area (Å²) in [5.41, 5.74) is 1.98. The van der Waals surface area contributed by atoms with Crippen molar-refractivity contribution in [2.45, 2.75) is 32.9 Å². The fourth-order valence-electron chi connectivity index (χ4n) is 2.12. The molecule has 1 aromatic carbocycles. The number of urea groups is 1. The van der Waals surface area contributed by atoms with Gasteiger partial charge in [0.1, 0.15) is 5.01 Å². The third-order valence-electron chi connectivity index (χ3n) is 3.40. The van der Waals surface area contributed by atoms with Gasteiger partial charge in [-0.05, 0) is 25.8 Å². The van der Waals surface area contributed by atoms with Crippen molar-refractivity contribution in [2.75, 3.05) is 6.61 Å². The maximum absolute atomic E-state index is 12.0. The number of rotatable bonds is 6. The minimum Gasteiger partial charge on any atom is -0.396 e. The minimum atomic E-state index is -0.257. The van der Waals surface area contributed by atoms with Gasteiger partial charge in [-0.25, -0.2) is 9.78 Å². The molecule has 3 N–H and O–H groups in total. The van der Waals surface area contributed by atoms with Gasteiger partial charge in [-0.3, -0.25) is 0 Å². The van der Waals surface area contributed by atoms with Crippen LogP contribution in [0.15, 0.2) is 30.3 Å². The molecule has 0 saturated heterocycles. The molecular weight excluding hydrogens is 298 g/mol. The molecule has 0 spiro atoms. The van der Waals surface area contributed by atoms with Gasteiger partial charge < -0.3 is 15.7 Å². The number of hydrogen-bond donors (Lipinski definition) is 3. The second-order valence-electron chi connectivity index (χ2n) is 5.05. The summed E-state index contributed by atoms with van der Waals surface area (Å²) in [7, 11) is 0. The Morgan fingerprint density at radius 1 is 1.32 bits per heavy atom. The van der Waals surface area contributed by atoms with Gasteiger partial charge in [0.2, 0.25) is 0 Å². The van der Waals surface area contributed by atoms with E-state index >= 15 is 0 Å². The third kappa shape index (κ3) is 4.54. The SMILES string of the molecule is Cc1nc(CNC(=O)N[C@H](CCO)c2ccccc2)sc1C. The van der Waals surface area contributed by atoms with Crippen LogP contribution in [-0.2, 0) is 6.54 Å². The van der Waals surface area contributed by atoms with Crippen LogP contribution in [-0.4, -0.2) is 22.7 Å². The first-order valence-electron chi connectivity index (χ1n) is 7.23. The van der Waals surface area contributed by atoms with E-state index in [1.165, 1.54) is 4.88 Å². The summed E-state index contributed by atoms with van der Waals surface area (Å²) in [6, 6.07) is 9.18. The molecule has 6 heteroatoms. The number of aryl methyl sites for hydroxylation is 2. The Hall–Kier alpha value is -1.92. The molecular formula is C16H21N3O2S. The van der Waals surface area contributed by atoms with Crippen molar-refractivity contribution < 1.29 is 9.90 Å². The minimum absolute atomic E-state index is 0.0186. The second-order valence-corrected chi connectivity index (χ2v) is 6.34. The van der Waals surface area contributed by atoms with Crippen LogP contribution in [0.5, 0.6) is 0 Å². The van der Waals surface area contributed by atoms with Crippen molar-refractivity contribution in [1.29, 1.82) is 0 Å². The van der Waals surface area contributed by atoms with Crippen LogP contribution in [0.4, 0.5) is 4.79 Å². The maximum atomic E-state index is 12.0. The molecule has 1 aromatic heterocycles. The quantitative estimate of drug-likeness (QED) is 0.766. The molecule has 5 nitrogen and oxygen atoms in total. The van der Waals surface area contributed by atoms with E-state index in [0.29, 0.717) is 13.0 Å². The monoisotopic (exact) mass is 319 g/mol. The molecule has 2 aromatic rings. The van der Waals surface area contributed by atoms with Crippen molar-refractivity contribution in [1.82, 2.24) is 15.6 Å². The molecule has 0 aliphatic rings. The zero-order chi connectivity index (χ0) is 15.9. The molecule has 0 bridgehead atoms. The van der Waals surface area contributed by atoms with Crippen LogP contribution < -0.4 is 10.6 Å². The topological polar surface area (TPSA) is 74.2 Å². The van der Waals surface area contributed by atoms with Crippen LogP contribution in [0.1, 0.15) is 33.6 Å². The number of benzene rings is 1. The molecule has 1 atom stereocenters. The maximum Gasteiger partial charge on any atom is 0.315 e. The highest BCUT2D eigenvalue weighted by Crippen LogP contribution is 2.17. The van der Waals surface area contributed by atoms with Gasteiger partial charge in [-0.1, -0.05) is 30.3 Å². The number of thiazole rings is 1. The van der Waals surface area contributed by atoms with Crippen LogP contribution in [0.25, 0.3) is 0 Å². The van der Waals surface area contributed by atoms with Crippen LogP contribution in [0.2, 0.25) is 0 Å². The normalized spacial score (nSPS) is 12.0. The highest BCUT2D eigenvalue weighted by Gasteiger charge is 2.14. The molecule has 0 fully saturated rings. The van der Waals surface area contributed by atoms with Gasteiger partial charge in [0.05, 0.1) is 18.3 Å². The summed E-state index contributed by atoms with van der Waals surface area (Å²) in [4.78, 5) is 17.6. The molecule has 118 valence electrons. The Kier molecular flexibility index (Phi) is 5.91. The third-order valence-corrected chi connectivity index (χ3v) is 4.47. The average Bonchev–Trinajstić information content (AvgIpc) is 2.84. The first-order valence-corrected chi connectivity index (χ1v) is 8.05. The van der Waals surface area contributed by atoms with Gasteiger partial charge in [0.15, 0.2) is 0 Å². The van der Waals surface area contributed by atoms with E-state index in [0.717, 1.165) is 16.3 Å². The number of nitrogens with one attached hydrogen (secondary N) is 2. The molecule has 0 aliphatic heterocycles. The van der Waals surface area contributed by atoms with E-state index < -0.39 is 0 Å². The van der Waals surface area contributed by atoms with Gasteiger partial charge >= 0.3 is 6.03 Å². The molecule has 0 saturated carbocycles. The second kappa shape index (κ2) is 7.91. The predicted octanol–water partition coefficient (Wildman–Crippen LogP) is 2.68. The van der Waals surface area contributed by atoms with E-state index in [4.69, 9.17) is 0 Å². The standard InChI is InChI=1S/C16H21N3O2S/c1-11-12(2)22-15(18-11)10-17-16(21)19-14(8-9-20)13-6-4-3-5-7-13/h3-7,14,20H,8-10H2,1-2H3,(H2,17,19,21)/t14-/m1/s1. The Balaban J connectivity index is 1.91. The Labute approximate surface area is 134 Å². The fourth-order valence-corrected chi connectivity index (χ4v) is 2.99. The summed E-state index contributed by atoms with van der Waals surface area (Å²) >= 11 is 1.59. The summed E-state index contributed by atoms with van der Waals surface area (Å²) in [6.07, 6.45) is 0.479. The van der Waals surface area contributed by atoms with Crippen LogP contribution in [0.3, 0.4) is 0 Å². The van der Waals surface area contributed by atoms with Gasteiger partial charge in [-0.15, -0.1) is 11.3 Å². The fraction of sp³-hybridized carbons (Fsp3) is 0.375. The number of nitrogens with zero attached hydrogens (tertiary/aromatic N) is 1. The number of carbonyl (C=O) groups is 1. The van der Waals surface area contributed by atoms with Crippen molar-refractivity contribution >= 4 is 17.4 Å². The zero-order valence-corrected chi connectivity index (χ0v) is 13.6. The highest BCUT2D eigenvalue weighted by atomic mass is 32.1. The smallest absolute Gasteiger partial charge is 0.315 e. The molecule has 0 radical (unpaired) electrons. The summed E-state index contributed by atoms with van der Waals surface area (Å²) in [6.45, 7) is 4.40. The number of aliphatic hydroxyl groups excluding tert-OH is 1. The summed E-state index contributed by atoms with van der Waals surface area (Å²) in [5.74, 6) is 0. The van der Waals surface area contributed by atoms with E-state index in [1.807, 2.05) is 44.2 Å². The summed E-state index contributed by atoms with van der Waals surface area (Å²) in [5, 5.41) is 15.8. The lowest BCUT2D eigenvalue weighted by Crippen LogP contribution is -2.37. The van der Waals surface area contributed by atoms with Crippen molar-refractivity contribution in [2.24, 2.45) is 0 Å². The lowest BCUT2D eigenvalue weighted by atomic mass is 10.0. The average molecular weight is 319 g/mol. The van der Waals surface area contributed by atoms with E-state index in [2.05, 4.69) is 15.6 Å². The van der Waals surface area contributed by atoms with Crippen LogP contribution in [0, 0.1) is 13.8 Å². The highest BCUT2D eigenvalue weighted by molar-refractivity contribution is 7.11. The number of aromatic nitrogens is 1. The first-order chi connectivity index (χ1) is 10.6. The van der Waals surface area contributed by atoms with Crippen molar-refractivity contribution in [3.63, 3.8) is 0 Å². The molecule has 0 unspecified atom stereocenters. The van der Waals surface area contributed by atoms with Crippen LogP contribution >= 0.6 is 11.3 Å². The Morgan fingerprint density at radius 3 is 2.64 bits per heavy atom. The van der Waals surface area contributed by atoms with E-state index in [9.17, 15) is 9.90 Å². The largest absolute Gasteiger partial charge is 0.396 e. The number of hydrogen-bond acceptors (Lipinski definition) is 4. The first kappa shape index (κ1) is 16.5. The Morgan fingerprint density at radius 2 is 2.05 bits per heavy atom. The molecule has 22 heavy (non-hydrogen) atoms. The molecule has 2 rings (SSSR count). The van der Waals surface area contributed by atoms with E-state index in [-0.39, 0.29) is 18.7 Å². The van der Waals surface area contributed by atoms with Crippen molar-refractivity contribution in [3.05, 3.63) is 51.5 Å². The molecule has 2 amide bonds. The van der Waals surface area contributed by atoms with Gasteiger partial charge in [0, 0.05) is 11.5 Å². The van der Waals surface area contributed by atoms with Crippen molar-refractivity contribution in [3.8, 4) is 0 Å². The van der Waals surface area contributed by atoms with Gasteiger partial charge in [-0.2, -0.15) is 0 Å². The molecule has 1 heterocycles. The predicted molar refractivity (Wildman–Crippen MR) is 87.8 cm³/mol. The lowest BCUT2D eigenvalue weighted by molar-refractivity contribution is 0.229. The van der Waals surface area contributed by atoms with Gasteiger partial charge in [0.25, 0.3) is 0 Å². The van der Waals surface area contributed by atoms with E-state index in [1.54, 1.807) is 11.3 Å².